The van der Waals surface area contributed by atoms with Crippen LogP contribution in [0.3, 0.4) is 0 Å². The average Bonchev–Trinajstić information content (AvgIpc) is 2.72. The first-order valence-electron chi connectivity index (χ1n) is 4.42. The van der Waals surface area contributed by atoms with E-state index in [4.69, 9.17) is 0 Å². The second-order valence-corrected chi connectivity index (χ2v) is 3.64. The number of aliphatic hydroxyl groups is 1. The lowest BCUT2D eigenvalue weighted by Crippen LogP contribution is -1.96. The van der Waals surface area contributed by atoms with Crippen LogP contribution in [0.2, 0.25) is 0 Å². The Morgan fingerprint density at radius 3 is 3.00 bits per heavy atom. The van der Waals surface area contributed by atoms with E-state index in [2.05, 4.69) is 5.10 Å². The van der Waals surface area contributed by atoms with Crippen molar-refractivity contribution < 1.29 is 5.11 Å². The lowest BCUT2D eigenvalue weighted by atomic mass is 10.1. The van der Waals surface area contributed by atoms with Crippen LogP contribution in [0.15, 0.2) is 12.4 Å². The van der Waals surface area contributed by atoms with Crippen molar-refractivity contribution in [1.82, 2.24) is 9.78 Å². The molecule has 0 bridgehead atoms. The first kappa shape index (κ1) is 7.80. The van der Waals surface area contributed by atoms with Gasteiger partial charge in [-0.1, -0.05) is 12.8 Å². The fraction of sp³-hybridized carbons (Fsp3) is 0.667. The van der Waals surface area contributed by atoms with Gasteiger partial charge in [-0.2, -0.15) is 5.10 Å². The quantitative estimate of drug-likeness (QED) is 0.734. The second-order valence-electron chi connectivity index (χ2n) is 3.64. The zero-order valence-electron chi connectivity index (χ0n) is 7.27. The summed E-state index contributed by atoms with van der Waals surface area (Å²) in [7, 11) is 1.87. The predicted molar refractivity (Wildman–Crippen MR) is 45.5 cm³/mol. The van der Waals surface area contributed by atoms with Crippen molar-refractivity contribution in [3.63, 3.8) is 0 Å². The molecule has 0 saturated heterocycles. The van der Waals surface area contributed by atoms with E-state index in [0.717, 1.165) is 17.9 Å². The molecular formula is C9H14N2O. The number of rotatable bonds is 3. The molecular weight excluding hydrogens is 152 g/mol. The van der Waals surface area contributed by atoms with E-state index in [1.165, 1.54) is 12.8 Å². The number of hydrogen-bond acceptors (Lipinski definition) is 2. The Morgan fingerprint density at radius 1 is 1.75 bits per heavy atom. The van der Waals surface area contributed by atoms with Gasteiger partial charge in [0, 0.05) is 18.8 Å². The van der Waals surface area contributed by atoms with E-state index in [9.17, 15) is 5.11 Å². The molecule has 12 heavy (non-hydrogen) atoms. The van der Waals surface area contributed by atoms with Gasteiger partial charge in [0.15, 0.2) is 0 Å². The van der Waals surface area contributed by atoms with Crippen LogP contribution < -0.4 is 0 Å². The van der Waals surface area contributed by atoms with Crippen LogP contribution in [0.1, 0.15) is 30.9 Å². The molecule has 1 fully saturated rings. The third-order valence-corrected chi connectivity index (χ3v) is 2.36. The summed E-state index contributed by atoms with van der Waals surface area (Å²) in [6.45, 7) is 0. The van der Waals surface area contributed by atoms with Gasteiger partial charge in [0.1, 0.15) is 0 Å². The Hall–Kier alpha value is -0.830. The van der Waals surface area contributed by atoms with Gasteiger partial charge in [-0.3, -0.25) is 4.68 Å². The normalized spacial score (nSPS) is 19.5. The lowest BCUT2D eigenvalue weighted by molar-refractivity contribution is 0.160. The number of aliphatic hydroxyl groups excluding tert-OH is 1. The van der Waals surface area contributed by atoms with E-state index in [0.29, 0.717) is 0 Å². The highest BCUT2D eigenvalue weighted by atomic mass is 16.3. The molecule has 0 spiro atoms. The molecule has 1 heterocycles. The van der Waals surface area contributed by atoms with Crippen LogP contribution in [-0.4, -0.2) is 14.9 Å². The number of hydrogen-bond donors (Lipinski definition) is 1. The van der Waals surface area contributed by atoms with Crippen LogP contribution in [0, 0.1) is 5.92 Å². The highest BCUT2D eigenvalue weighted by Crippen LogP contribution is 2.37. The van der Waals surface area contributed by atoms with E-state index < -0.39 is 0 Å². The molecule has 2 rings (SSSR count). The Kier molecular flexibility index (Phi) is 1.89. The number of aryl methyl sites for hydroxylation is 1. The van der Waals surface area contributed by atoms with Gasteiger partial charge in [-0.15, -0.1) is 0 Å². The van der Waals surface area contributed by atoms with Crippen molar-refractivity contribution in [3.8, 4) is 0 Å². The second kappa shape index (κ2) is 2.90. The molecule has 1 aliphatic rings. The van der Waals surface area contributed by atoms with Crippen molar-refractivity contribution in [2.75, 3.05) is 0 Å². The van der Waals surface area contributed by atoms with Crippen molar-refractivity contribution in [2.45, 2.75) is 25.4 Å². The molecule has 1 saturated carbocycles. The molecule has 0 aromatic carbocycles. The molecule has 66 valence electrons. The molecule has 3 heteroatoms. The summed E-state index contributed by atoms with van der Waals surface area (Å²) in [5.41, 5.74) is 0.949. The smallest absolute Gasteiger partial charge is 0.0823 e. The average molecular weight is 166 g/mol. The van der Waals surface area contributed by atoms with Crippen molar-refractivity contribution >= 4 is 0 Å². The van der Waals surface area contributed by atoms with E-state index in [1.54, 1.807) is 10.9 Å². The summed E-state index contributed by atoms with van der Waals surface area (Å²) < 4.78 is 1.73. The molecule has 1 atom stereocenters. The van der Waals surface area contributed by atoms with Crippen molar-refractivity contribution in [1.29, 1.82) is 0 Å². The minimum absolute atomic E-state index is 0.300. The summed E-state index contributed by atoms with van der Waals surface area (Å²) in [5, 5.41) is 13.7. The SMILES string of the molecule is Cn1cc(C(O)CC2CC2)cn1. The molecule has 1 unspecified atom stereocenters. The van der Waals surface area contributed by atoms with E-state index in [1.807, 2.05) is 13.2 Å². The maximum Gasteiger partial charge on any atom is 0.0823 e. The zero-order chi connectivity index (χ0) is 8.55. The maximum absolute atomic E-state index is 9.69. The monoisotopic (exact) mass is 166 g/mol. The van der Waals surface area contributed by atoms with Crippen molar-refractivity contribution in [3.05, 3.63) is 18.0 Å². The summed E-state index contributed by atoms with van der Waals surface area (Å²) in [6.07, 6.45) is 6.81. The topological polar surface area (TPSA) is 38.0 Å². The largest absolute Gasteiger partial charge is 0.388 e. The van der Waals surface area contributed by atoms with Crippen molar-refractivity contribution in [2.24, 2.45) is 13.0 Å². The standard InChI is InChI=1S/C9H14N2O/c1-11-6-8(5-10-11)9(12)4-7-2-3-7/h5-7,9,12H,2-4H2,1H3. The summed E-state index contributed by atoms with van der Waals surface area (Å²) in [4.78, 5) is 0. The molecule has 0 radical (unpaired) electrons. The molecule has 1 aromatic heterocycles. The third kappa shape index (κ3) is 1.67. The lowest BCUT2D eigenvalue weighted by Gasteiger charge is -2.05. The first-order valence-corrected chi connectivity index (χ1v) is 4.42. The molecule has 1 aromatic rings. The van der Waals surface area contributed by atoms with Gasteiger partial charge in [0.2, 0.25) is 0 Å². The Bertz CT molecular complexity index is 265. The Labute approximate surface area is 72.0 Å². The van der Waals surface area contributed by atoms with Gasteiger partial charge >= 0.3 is 0 Å². The van der Waals surface area contributed by atoms with Crippen LogP contribution in [0.25, 0.3) is 0 Å². The fourth-order valence-electron chi connectivity index (χ4n) is 1.42. The van der Waals surface area contributed by atoms with Gasteiger partial charge < -0.3 is 5.11 Å². The van der Waals surface area contributed by atoms with Gasteiger partial charge in [-0.25, -0.2) is 0 Å². The van der Waals surface area contributed by atoms with Crippen LogP contribution in [0.5, 0.6) is 0 Å². The highest BCUT2D eigenvalue weighted by Gasteiger charge is 2.25. The van der Waals surface area contributed by atoms with Crippen LogP contribution >= 0.6 is 0 Å². The summed E-state index contributed by atoms with van der Waals surface area (Å²) in [6, 6.07) is 0. The molecule has 3 nitrogen and oxygen atoms in total. The van der Waals surface area contributed by atoms with Crippen LogP contribution in [0.4, 0.5) is 0 Å². The number of aromatic nitrogens is 2. The van der Waals surface area contributed by atoms with E-state index in [-0.39, 0.29) is 6.10 Å². The first-order chi connectivity index (χ1) is 5.75. The van der Waals surface area contributed by atoms with Gasteiger partial charge in [0.05, 0.1) is 12.3 Å². The summed E-state index contributed by atoms with van der Waals surface area (Å²) >= 11 is 0. The molecule has 0 aliphatic heterocycles. The fourth-order valence-corrected chi connectivity index (χ4v) is 1.42. The molecule has 1 aliphatic carbocycles. The highest BCUT2D eigenvalue weighted by molar-refractivity contribution is 5.08. The predicted octanol–water partition coefficient (Wildman–Crippen LogP) is 1.25. The molecule has 1 N–H and O–H groups in total. The minimum atomic E-state index is -0.300. The number of nitrogens with zero attached hydrogens (tertiary/aromatic N) is 2. The van der Waals surface area contributed by atoms with Gasteiger partial charge in [-0.05, 0) is 12.3 Å². The third-order valence-electron chi connectivity index (χ3n) is 2.36. The van der Waals surface area contributed by atoms with Gasteiger partial charge in [0.25, 0.3) is 0 Å². The molecule has 0 amide bonds. The summed E-state index contributed by atoms with van der Waals surface area (Å²) in [5.74, 6) is 0.764. The minimum Gasteiger partial charge on any atom is -0.388 e. The van der Waals surface area contributed by atoms with E-state index >= 15 is 0 Å². The Morgan fingerprint density at radius 2 is 2.50 bits per heavy atom. The zero-order valence-corrected chi connectivity index (χ0v) is 7.27. The Balaban J connectivity index is 1.97. The van der Waals surface area contributed by atoms with Crippen LogP contribution in [-0.2, 0) is 7.05 Å². The maximum atomic E-state index is 9.69.